The largest absolute Gasteiger partial charge is 0.497 e. The second kappa shape index (κ2) is 12.9. The van der Waals surface area contributed by atoms with E-state index in [4.69, 9.17) is 4.74 Å². The zero-order valence-corrected chi connectivity index (χ0v) is 22.6. The predicted octanol–water partition coefficient (Wildman–Crippen LogP) is 3.35. The number of amides is 2. The molecular formula is C27H30N4O7S. The fourth-order valence-electron chi connectivity index (χ4n) is 4.04. The highest BCUT2D eigenvalue weighted by molar-refractivity contribution is 7.92. The van der Waals surface area contributed by atoms with Crippen molar-refractivity contribution < 1.29 is 27.7 Å². The van der Waals surface area contributed by atoms with Crippen LogP contribution in [0.15, 0.2) is 83.8 Å². The van der Waals surface area contributed by atoms with Gasteiger partial charge in [0.25, 0.3) is 15.7 Å². The minimum absolute atomic E-state index is 0.0153. The van der Waals surface area contributed by atoms with E-state index in [0.29, 0.717) is 11.3 Å². The molecule has 3 aromatic rings. The first kappa shape index (κ1) is 29.1. The van der Waals surface area contributed by atoms with Crippen molar-refractivity contribution in [2.75, 3.05) is 25.0 Å². The molecule has 0 bridgehead atoms. The van der Waals surface area contributed by atoms with Crippen LogP contribution in [0.2, 0.25) is 0 Å². The Balaban J connectivity index is 2.07. The number of carbonyl (C=O) groups is 2. The minimum Gasteiger partial charge on any atom is -0.497 e. The average molecular weight is 555 g/mol. The van der Waals surface area contributed by atoms with Crippen LogP contribution in [0.3, 0.4) is 0 Å². The lowest BCUT2D eigenvalue weighted by atomic mass is 10.1. The van der Waals surface area contributed by atoms with Gasteiger partial charge in [-0.1, -0.05) is 37.3 Å². The van der Waals surface area contributed by atoms with E-state index in [0.717, 1.165) is 4.31 Å². The highest BCUT2D eigenvalue weighted by Crippen LogP contribution is 2.27. The van der Waals surface area contributed by atoms with Crippen LogP contribution < -0.4 is 14.4 Å². The van der Waals surface area contributed by atoms with E-state index in [2.05, 4.69) is 5.32 Å². The number of carbonyl (C=O) groups excluding carboxylic acids is 2. The summed E-state index contributed by atoms with van der Waals surface area (Å²) >= 11 is 0. The van der Waals surface area contributed by atoms with Gasteiger partial charge in [-0.15, -0.1) is 0 Å². The van der Waals surface area contributed by atoms with Gasteiger partial charge in [0.05, 0.1) is 22.6 Å². The van der Waals surface area contributed by atoms with Crippen molar-refractivity contribution in [1.29, 1.82) is 0 Å². The molecule has 1 N–H and O–H groups in total. The Bertz CT molecular complexity index is 1410. The van der Waals surface area contributed by atoms with Crippen LogP contribution in [-0.2, 0) is 26.2 Å². The van der Waals surface area contributed by atoms with Gasteiger partial charge in [0, 0.05) is 25.7 Å². The molecular weight excluding hydrogens is 524 g/mol. The van der Waals surface area contributed by atoms with Crippen LogP contribution in [0.5, 0.6) is 5.75 Å². The van der Waals surface area contributed by atoms with Crippen molar-refractivity contribution in [3.63, 3.8) is 0 Å². The highest BCUT2D eigenvalue weighted by Gasteiger charge is 2.33. The van der Waals surface area contributed by atoms with Gasteiger partial charge in [-0.3, -0.25) is 24.0 Å². The number of nitro groups is 1. The number of methoxy groups -OCH3 is 1. The first-order valence-corrected chi connectivity index (χ1v) is 13.5. The SMILES string of the molecule is CC[C@H](C(=O)NC)N(Cc1cccc(OC)c1)C(=O)CN(c1ccc([N+](=O)[O-])cc1)S(=O)(=O)c1ccccc1. The molecule has 1 atom stereocenters. The Morgan fingerprint density at radius 2 is 1.69 bits per heavy atom. The third-order valence-electron chi connectivity index (χ3n) is 6.08. The fraction of sp³-hybridized carbons (Fsp3) is 0.259. The molecule has 0 aliphatic carbocycles. The van der Waals surface area contributed by atoms with Crippen molar-refractivity contribution in [2.45, 2.75) is 30.8 Å². The van der Waals surface area contributed by atoms with Crippen LogP contribution in [0.25, 0.3) is 0 Å². The molecule has 3 rings (SSSR count). The number of rotatable bonds is 12. The first-order valence-electron chi connectivity index (χ1n) is 12.1. The number of nitro benzene ring substituents is 1. The van der Waals surface area contributed by atoms with E-state index in [1.165, 1.54) is 55.5 Å². The van der Waals surface area contributed by atoms with Crippen molar-refractivity contribution in [3.05, 3.63) is 94.5 Å². The molecule has 0 radical (unpaired) electrons. The number of benzene rings is 3. The zero-order chi connectivity index (χ0) is 28.6. The summed E-state index contributed by atoms with van der Waals surface area (Å²) in [5.74, 6) is -0.472. The third-order valence-corrected chi connectivity index (χ3v) is 7.87. The van der Waals surface area contributed by atoms with Crippen LogP contribution >= 0.6 is 0 Å². The summed E-state index contributed by atoms with van der Waals surface area (Å²) < 4.78 is 33.6. The van der Waals surface area contributed by atoms with Gasteiger partial charge in [0.1, 0.15) is 18.3 Å². The van der Waals surface area contributed by atoms with Gasteiger partial charge in [-0.25, -0.2) is 8.42 Å². The number of nitrogens with one attached hydrogen (secondary N) is 1. The Morgan fingerprint density at radius 3 is 2.26 bits per heavy atom. The second-order valence-electron chi connectivity index (χ2n) is 8.51. The van der Waals surface area contributed by atoms with E-state index in [1.54, 1.807) is 49.4 Å². The van der Waals surface area contributed by atoms with Crippen LogP contribution in [0, 0.1) is 10.1 Å². The molecule has 0 unspecified atom stereocenters. The summed E-state index contributed by atoms with van der Waals surface area (Å²) in [6.07, 6.45) is 0.276. The zero-order valence-electron chi connectivity index (χ0n) is 21.8. The molecule has 12 heteroatoms. The maximum atomic E-state index is 13.9. The lowest BCUT2D eigenvalue weighted by Crippen LogP contribution is -2.51. The van der Waals surface area contributed by atoms with Crippen molar-refractivity contribution >= 4 is 33.2 Å². The topological polar surface area (TPSA) is 139 Å². The van der Waals surface area contributed by atoms with Gasteiger partial charge in [-0.05, 0) is 48.4 Å². The highest BCUT2D eigenvalue weighted by atomic mass is 32.2. The number of nitrogens with zero attached hydrogens (tertiary/aromatic N) is 3. The lowest BCUT2D eigenvalue weighted by Gasteiger charge is -2.33. The molecule has 0 heterocycles. The third kappa shape index (κ3) is 6.90. The summed E-state index contributed by atoms with van der Waals surface area (Å²) in [5.41, 5.74) is 0.512. The summed E-state index contributed by atoms with van der Waals surface area (Å²) in [6.45, 7) is 1.12. The summed E-state index contributed by atoms with van der Waals surface area (Å²) in [5, 5.41) is 13.7. The van der Waals surface area contributed by atoms with E-state index >= 15 is 0 Å². The molecule has 0 saturated heterocycles. The first-order chi connectivity index (χ1) is 18.6. The number of hydrogen-bond donors (Lipinski definition) is 1. The molecule has 2 amide bonds. The summed E-state index contributed by atoms with van der Waals surface area (Å²) in [4.78, 5) is 38.4. The number of non-ortho nitro benzene ring substituents is 1. The number of sulfonamides is 1. The van der Waals surface area contributed by atoms with Gasteiger partial charge in [0.2, 0.25) is 11.8 Å². The van der Waals surface area contributed by atoms with E-state index in [1.807, 2.05) is 0 Å². The molecule has 0 aliphatic heterocycles. The maximum absolute atomic E-state index is 13.9. The standard InChI is InChI=1S/C27H30N4O7S/c1-4-25(27(33)28-2)29(18-20-9-8-10-23(17-20)38-3)26(32)19-30(21-13-15-22(16-14-21)31(34)35)39(36,37)24-11-6-5-7-12-24/h5-17,25H,4,18-19H2,1-3H3,(H,28,33)/t25-/m1/s1. The minimum atomic E-state index is -4.26. The van der Waals surface area contributed by atoms with Crippen molar-refractivity contribution in [2.24, 2.45) is 0 Å². The average Bonchev–Trinajstić information content (AvgIpc) is 2.96. The molecule has 39 heavy (non-hydrogen) atoms. The summed E-state index contributed by atoms with van der Waals surface area (Å²) in [7, 11) is -1.29. The molecule has 0 spiro atoms. The molecule has 3 aromatic carbocycles. The van der Waals surface area contributed by atoms with Gasteiger partial charge in [0.15, 0.2) is 0 Å². The molecule has 206 valence electrons. The van der Waals surface area contributed by atoms with Gasteiger partial charge >= 0.3 is 0 Å². The van der Waals surface area contributed by atoms with E-state index in [9.17, 15) is 28.1 Å². The van der Waals surface area contributed by atoms with Gasteiger partial charge < -0.3 is 15.0 Å². The number of anilines is 1. The van der Waals surface area contributed by atoms with Crippen LogP contribution in [0.1, 0.15) is 18.9 Å². The Morgan fingerprint density at radius 1 is 1.03 bits per heavy atom. The Hall–Kier alpha value is -4.45. The monoisotopic (exact) mass is 554 g/mol. The summed E-state index contributed by atoms with van der Waals surface area (Å²) in [6, 6.07) is 18.5. The quantitative estimate of drug-likeness (QED) is 0.268. The van der Waals surface area contributed by atoms with Gasteiger partial charge in [-0.2, -0.15) is 0 Å². The number of hydrogen-bond acceptors (Lipinski definition) is 7. The van der Waals surface area contributed by atoms with E-state index in [-0.39, 0.29) is 29.2 Å². The number of likely N-dealkylation sites (N-methyl/N-ethyl adjacent to an activating group) is 1. The van der Waals surface area contributed by atoms with Crippen LogP contribution in [-0.4, -0.2) is 56.8 Å². The van der Waals surface area contributed by atoms with Crippen LogP contribution in [0.4, 0.5) is 11.4 Å². The van der Waals surface area contributed by atoms with E-state index < -0.39 is 39.3 Å². The predicted molar refractivity (Wildman–Crippen MR) is 146 cm³/mol. The molecule has 0 aromatic heterocycles. The molecule has 0 saturated carbocycles. The van der Waals surface area contributed by atoms with Crippen molar-refractivity contribution in [3.8, 4) is 5.75 Å². The maximum Gasteiger partial charge on any atom is 0.269 e. The molecule has 0 aliphatic rings. The molecule has 0 fully saturated rings. The molecule has 11 nitrogen and oxygen atoms in total. The Kier molecular flexibility index (Phi) is 9.61. The van der Waals surface area contributed by atoms with Crippen molar-refractivity contribution in [1.82, 2.24) is 10.2 Å². The lowest BCUT2D eigenvalue weighted by molar-refractivity contribution is -0.384. The number of ether oxygens (including phenoxy) is 1. The fourth-order valence-corrected chi connectivity index (χ4v) is 5.48. The Labute approximate surface area is 227 Å². The smallest absolute Gasteiger partial charge is 0.269 e. The normalized spacial score (nSPS) is 11.8. The second-order valence-corrected chi connectivity index (χ2v) is 10.4.